The Morgan fingerprint density at radius 2 is 2.18 bits per heavy atom. The maximum atomic E-state index is 10.4. The molecule has 0 radical (unpaired) electrons. The first-order valence-corrected chi connectivity index (χ1v) is 5.21. The molecule has 1 atom stereocenters. The van der Waals surface area contributed by atoms with Crippen molar-refractivity contribution in [1.82, 2.24) is 5.32 Å². The Labute approximate surface area is 68.8 Å². The predicted molar refractivity (Wildman–Crippen MR) is 40.3 cm³/mol. The summed E-state index contributed by atoms with van der Waals surface area (Å²) >= 11 is 0. The van der Waals surface area contributed by atoms with Gasteiger partial charge in [-0.3, -0.25) is 0 Å². The number of rotatable bonds is 3. The van der Waals surface area contributed by atoms with Gasteiger partial charge in [-0.15, -0.1) is 0 Å². The Kier molecular flexibility index (Phi) is 3.61. The maximum absolute atomic E-state index is 10.4. The smallest absolute Gasteiger partial charge is 0.404 e. The van der Waals surface area contributed by atoms with Gasteiger partial charge in [0.2, 0.25) is 9.05 Å². The number of carbonyl (C=O) groups is 1. The van der Waals surface area contributed by atoms with Gasteiger partial charge in [0.15, 0.2) is 0 Å². The highest BCUT2D eigenvalue weighted by atomic mass is 35.7. The summed E-state index contributed by atoms with van der Waals surface area (Å²) < 4.78 is 20.7. The van der Waals surface area contributed by atoms with Crippen LogP contribution < -0.4 is 5.32 Å². The van der Waals surface area contributed by atoms with Crippen LogP contribution in [0, 0.1) is 0 Å². The lowest BCUT2D eigenvalue weighted by Crippen LogP contribution is -2.35. The van der Waals surface area contributed by atoms with Crippen molar-refractivity contribution in [2.45, 2.75) is 13.0 Å². The van der Waals surface area contributed by atoms with Gasteiger partial charge in [-0.1, -0.05) is 0 Å². The van der Waals surface area contributed by atoms with Gasteiger partial charge in [-0.25, -0.2) is 13.2 Å². The standard InChI is InChI=1S/C4H8ClNO4S/c1-3(6-4(7)8)2-11(5,9)10/h3,6H,2H2,1H3,(H,7,8)/t3-/m0/s1. The average molecular weight is 202 g/mol. The second-order valence-corrected chi connectivity index (χ2v) is 4.88. The summed E-state index contributed by atoms with van der Waals surface area (Å²) in [5, 5.41) is 10.1. The number of nitrogens with one attached hydrogen (secondary N) is 1. The topological polar surface area (TPSA) is 83.5 Å². The van der Waals surface area contributed by atoms with Crippen molar-refractivity contribution in [2.24, 2.45) is 0 Å². The molecule has 0 unspecified atom stereocenters. The van der Waals surface area contributed by atoms with E-state index in [1.54, 1.807) is 0 Å². The lowest BCUT2D eigenvalue weighted by atomic mass is 10.4. The van der Waals surface area contributed by atoms with E-state index in [1.165, 1.54) is 6.92 Å². The Bertz CT molecular complexity index is 236. The first-order chi connectivity index (χ1) is 4.81. The SMILES string of the molecule is C[C@@H](CS(=O)(=O)Cl)NC(=O)O. The van der Waals surface area contributed by atoms with E-state index in [2.05, 4.69) is 0 Å². The molecule has 0 aliphatic rings. The Balaban J connectivity index is 3.89. The lowest BCUT2D eigenvalue weighted by Gasteiger charge is -2.07. The minimum absolute atomic E-state index is 0.402. The van der Waals surface area contributed by atoms with Gasteiger partial charge in [-0.2, -0.15) is 0 Å². The van der Waals surface area contributed by atoms with Gasteiger partial charge in [-0.05, 0) is 6.92 Å². The molecule has 0 aromatic rings. The van der Waals surface area contributed by atoms with Crippen LogP contribution in [-0.4, -0.2) is 31.4 Å². The fourth-order valence-electron chi connectivity index (χ4n) is 0.551. The molecular formula is C4H8ClNO4S. The molecule has 0 fully saturated rings. The van der Waals surface area contributed by atoms with Crippen molar-refractivity contribution in [1.29, 1.82) is 0 Å². The van der Waals surface area contributed by atoms with Gasteiger partial charge in [0, 0.05) is 16.7 Å². The molecule has 5 nitrogen and oxygen atoms in total. The highest BCUT2D eigenvalue weighted by molar-refractivity contribution is 8.13. The van der Waals surface area contributed by atoms with Crippen molar-refractivity contribution in [2.75, 3.05) is 5.75 Å². The van der Waals surface area contributed by atoms with Crippen molar-refractivity contribution in [3.8, 4) is 0 Å². The molecule has 11 heavy (non-hydrogen) atoms. The quantitative estimate of drug-likeness (QED) is 0.640. The molecular weight excluding hydrogens is 194 g/mol. The zero-order chi connectivity index (χ0) is 9.07. The highest BCUT2D eigenvalue weighted by Crippen LogP contribution is 1.98. The zero-order valence-electron chi connectivity index (χ0n) is 5.74. The van der Waals surface area contributed by atoms with Crippen LogP contribution in [0.3, 0.4) is 0 Å². The molecule has 66 valence electrons. The van der Waals surface area contributed by atoms with E-state index >= 15 is 0 Å². The van der Waals surface area contributed by atoms with Crippen molar-refractivity contribution < 1.29 is 18.3 Å². The van der Waals surface area contributed by atoms with Crippen LogP contribution in [0.25, 0.3) is 0 Å². The van der Waals surface area contributed by atoms with Gasteiger partial charge < -0.3 is 10.4 Å². The van der Waals surface area contributed by atoms with E-state index in [-0.39, 0.29) is 0 Å². The molecule has 0 aliphatic heterocycles. The molecule has 7 heteroatoms. The first-order valence-electron chi connectivity index (χ1n) is 2.73. The first kappa shape index (κ1) is 10.5. The second kappa shape index (κ2) is 3.77. The largest absolute Gasteiger partial charge is 0.465 e. The second-order valence-electron chi connectivity index (χ2n) is 2.06. The fourth-order valence-corrected chi connectivity index (χ4v) is 1.80. The van der Waals surface area contributed by atoms with E-state index in [0.29, 0.717) is 0 Å². The van der Waals surface area contributed by atoms with Gasteiger partial charge in [0.1, 0.15) is 0 Å². The van der Waals surface area contributed by atoms with E-state index in [4.69, 9.17) is 15.8 Å². The molecule has 0 spiro atoms. The molecule has 2 N–H and O–H groups in total. The minimum atomic E-state index is -3.62. The van der Waals surface area contributed by atoms with E-state index in [9.17, 15) is 13.2 Å². The molecule has 0 bridgehead atoms. The number of carboxylic acid groups (broad SMARTS) is 1. The van der Waals surface area contributed by atoms with Crippen LogP contribution in [0.4, 0.5) is 4.79 Å². The number of hydrogen-bond acceptors (Lipinski definition) is 3. The van der Waals surface area contributed by atoms with Crippen molar-refractivity contribution in [3.05, 3.63) is 0 Å². The third-order valence-corrected chi connectivity index (χ3v) is 2.10. The summed E-state index contributed by atoms with van der Waals surface area (Å²) in [6, 6.07) is -0.685. The minimum Gasteiger partial charge on any atom is -0.465 e. The summed E-state index contributed by atoms with van der Waals surface area (Å²) in [6.07, 6.45) is -1.27. The highest BCUT2D eigenvalue weighted by Gasteiger charge is 2.13. The lowest BCUT2D eigenvalue weighted by molar-refractivity contribution is 0.192. The predicted octanol–water partition coefficient (Wildman–Crippen LogP) is 0.211. The molecule has 0 heterocycles. The number of hydrogen-bond donors (Lipinski definition) is 2. The molecule has 0 aromatic carbocycles. The number of halogens is 1. The van der Waals surface area contributed by atoms with E-state index in [0.717, 1.165) is 0 Å². The van der Waals surface area contributed by atoms with Crippen LogP contribution in [0.1, 0.15) is 6.92 Å². The van der Waals surface area contributed by atoms with E-state index in [1.807, 2.05) is 5.32 Å². The summed E-state index contributed by atoms with van der Waals surface area (Å²) in [5.41, 5.74) is 0. The summed E-state index contributed by atoms with van der Waals surface area (Å²) in [7, 11) is 1.23. The number of amides is 1. The van der Waals surface area contributed by atoms with Crippen molar-refractivity contribution >= 4 is 25.8 Å². The monoisotopic (exact) mass is 201 g/mol. The molecule has 1 amide bonds. The van der Waals surface area contributed by atoms with Gasteiger partial charge in [0.25, 0.3) is 0 Å². The average Bonchev–Trinajstić information content (AvgIpc) is 1.53. The Hall–Kier alpha value is -0.490. The van der Waals surface area contributed by atoms with Crippen molar-refractivity contribution in [3.63, 3.8) is 0 Å². The summed E-state index contributed by atoms with van der Waals surface area (Å²) in [6.45, 7) is 1.41. The van der Waals surface area contributed by atoms with Crippen LogP contribution in [0.2, 0.25) is 0 Å². The van der Waals surface area contributed by atoms with Gasteiger partial charge in [0.05, 0.1) is 5.75 Å². The maximum Gasteiger partial charge on any atom is 0.404 e. The van der Waals surface area contributed by atoms with Gasteiger partial charge >= 0.3 is 6.09 Å². The van der Waals surface area contributed by atoms with Crippen LogP contribution >= 0.6 is 10.7 Å². The molecule has 0 aliphatic carbocycles. The van der Waals surface area contributed by atoms with Crippen LogP contribution in [0.15, 0.2) is 0 Å². The summed E-state index contributed by atoms with van der Waals surface area (Å²) in [4.78, 5) is 9.95. The molecule has 0 saturated carbocycles. The molecule has 0 aromatic heterocycles. The fraction of sp³-hybridized carbons (Fsp3) is 0.750. The molecule has 0 saturated heterocycles. The normalized spacial score (nSPS) is 14.0. The summed E-state index contributed by atoms with van der Waals surface area (Å²) in [5.74, 6) is -0.402. The Morgan fingerprint density at radius 1 is 1.73 bits per heavy atom. The third kappa shape index (κ3) is 7.41. The third-order valence-electron chi connectivity index (χ3n) is 0.819. The Morgan fingerprint density at radius 3 is 2.45 bits per heavy atom. The van der Waals surface area contributed by atoms with Crippen LogP contribution in [0.5, 0.6) is 0 Å². The zero-order valence-corrected chi connectivity index (χ0v) is 7.32. The molecule has 0 rings (SSSR count). The van der Waals surface area contributed by atoms with Crippen LogP contribution in [-0.2, 0) is 9.05 Å². The van der Waals surface area contributed by atoms with E-state index < -0.39 is 26.9 Å².